The molecule has 19 heavy (non-hydrogen) atoms. The Balaban J connectivity index is 1.71. The first-order valence-electron chi connectivity index (χ1n) is 7.94. The number of likely N-dealkylation sites (tertiary alicyclic amines) is 1. The van der Waals surface area contributed by atoms with Crippen LogP contribution >= 0.6 is 0 Å². The normalized spacial score (nSPS) is 36.7. The van der Waals surface area contributed by atoms with Crippen LogP contribution in [0.1, 0.15) is 46.5 Å². The Morgan fingerprint density at radius 1 is 1.26 bits per heavy atom. The smallest absolute Gasteiger partial charge is 0.241 e. The van der Waals surface area contributed by atoms with Gasteiger partial charge in [-0.05, 0) is 31.6 Å². The van der Waals surface area contributed by atoms with Gasteiger partial charge in [-0.3, -0.25) is 15.0 Å². The van der Waals surface area contributed by atoms with E-state index in [-0.39, 0.29) is 12.2 Å². The molecule has 3 aliphatic rings. The number of amides is 1. The summed E-state index contributed by atoms with van der Waals surface area (Å²) in [6.45, 7) is 8.80. The van der Waals surface area contributed by atoms with Crippen LogP contribution in [0.4, 0.5) is 0 Å². The fraction of sp³-hybridized carbons (Fsp3) is 0.933. The molecule has 0 aromatic heterocycles. The van der Waals surface area contributed by atoms with Gasteiger partial charge in [-0.2, -0.15) is 0 Å². The van der Waals surface area contributed by atoms with Crippen molar-refractivity contribution in [3.05, 3.63) is 0 Å². The number of carbonyl (C=O) groups is 1. The van der Waals surface area contributed by atoms with Gasteiger partial charge in [-0.15, -0.1) is 0 Å². The zero-order valence-corrected chi connectivity index (χ0v) is 12.4. The van der Waals surface area contributed by atoms with Gasteiger partial charge in [0.05, 0.1) is 12.2 Å². The largest absolute Gasteiger partial charge is 0.321 e. The lowest BCUT2D eigenvalue weighted by Crippen LogP contribution is -2.48. The highest BCUT2D eigenvalue weighted by atomic mass is 16.2. The molecule has 1 amide bonds. The minimum absolute atomic E-state index is 0.0439. The molecule has 108 valence electrons. The van der Waals surface area contributed by atoms with E-state index >= 15 is 0 Å². The quantitative estimate of drug-likeness (QED) is 0.835. The first kappa shape index (κ1) is 13.4. The molecule has 0 bridgehead atoms. The lowest BCUT2D eigenvalue weighted by Gasteiger charge is -2.32. The maximum Gasteiger partial charge on any atom is 0.241 e. The minimum atomic E-state index is 0.0439. The maximum atomic E-state index is 12.6. The van der Waals surface area contributed by atoms with Gasteiger partial charge in [0.2, 0.25) is 5.91 Å². The number of rotatable bonds is 4. The Labute approximate surface area is 116 Å². The molecule has 2 saturated heterocycles. The summed E-state index contributed by atoms with van der Waals surface area (Å²) in [7, 11) is 0. The zero-order chi connectivity index (χ0) is 13.6. The van der Waals surface area contributed by atoms with Crippen molar-refractivity contribution in [2.24, 2.45) is 5.92 Å². The first-order chi connectivity index (χ1) is 9.11. The van der Waals surface area contributed by atoms with Crippen LogP contribution in [0.5, 0.6) is 0 Å². The highest BCUT2D eigenvalue weighted by Crippen LogP contribution is 2.33. The van der Waals surface area contributed by atoms with Crippen LogP contribution in [-0.4, -0.2) is 53.1 Å². The molecule has 0 aromatic rings. The molecule has 0 spiro atoms. The van der Waals surface area contributed by atoms with Crippen molar-refractivity contribution >= 4 is 5.91 Å². The molecule has 1 N–H and O–H groups in total. The van der Waals surface area contributed by atoms with Crippen molar-refractivity contribution in [3.8, 4) is 0 Å². The monoisotopic (exact) mass is 265 g/mol. The Bertz CT molecular complexity index is 353. The Hall–Kier alpha value is -0.610. The van der Waals surface area contributed by atoms with Crippen LogP contribution in [0.25, 0.3) is 0 Å². The third-order valence-corrected chi connectivity index (χ3v) is 4.92. The van der Waals surface area contributed by atoms with E-state index in [2.05, 4.69) is 35.9 Å². The molecule has 0 radical (unpaired) electrons. The van der Waals surface area contributed by atoms with Crippen molar-refractivity contribution in [2.75, 3.05) is 13.1 Å². The van der Waals surface area contributed by atoms with E-state index < -0.39 is 0 Å². The summed E-state index contributed by atoms with van der Waals surface area (Å²) >= 11 is 0. The highest BCUT2D eigenvalue weighted by molar-refractivity contribution is 5.84. The second kappa shape index (κ2) is 5.06. The lowest BCUT2D eigenvalue weighted by molar-refractivity contribution is -0.132. The third-order valence-electron chi connectivity index (χ3n) is 4.92. The van der Waals surface area contributed by atoms with Gasteiger partial charge in [0.1, 0.15) is 0 Å². The predicted octanol–water partition coefficient (Wildman–Crippen LogP) is 1.42. The molecule has 4 nitrogen and oxygen atoms in total. The Kier molecular flexibility index (Phi) is 3.56. The standard InChI is InChI=1S/C15H27N3O/c1-4-13-15(19)18(14(16-13)10(2)3)12-7-8-17(9-12)11-5-6-11/h10-14,16H,4-9H2,1-3H3. The van der Waals surface area contributed by atoms with Crippen LogP contribution in [0.3, 0.4) is 0 Å². The van der Waals surface area contributed by atoms with Crippen LogP contribution < -0.4 is 5.32 Å². The highest BCUT2D eigenvalue weighted by Gasteiger charge is 2.46. The van der Waals surface area contributed by atoms with E-state index in [1.807, 2.05) is 0 Å². The molecule has 1 aliphatic carbocycles. The van der Waals surface area contributed by atoms with Gasteiger partial charge in [-0.1, -0.05) is 20.8 Å². The summed E-state index contributed by atoms with van der Waals surface area (Å²) < 4.78 is 0. The first-order valence-corrected chi connectivity index (χ1v) is 7.94. The summed E-state index contributed by atoms with van der Waals surface area (Å²) in [6, 6.07) is 1.31. The van der Waals surface area contributed by atoms with E-state index in [9.17, 15) is 4.79 Å². The molecule has 3 atom stereocenters. The van der Waals surface area contributed by atoms with Gasteiger partial charge >= 0.3 is 0 Å². The van der Waals surface area contributed by atoms with Crippen LogP contribution in [0.15, 0.2) is 0 Å². The number of nitrogens with zero attached hydrogens (tertiary/aromatic N) is 2. The molecule has 4 heteroatoms. The Morgan fingerprint density at radius 3 is 2.58 bits per heavy atom. The summed E-state index contributed by atoms with van der Waals surface area (Å²) in [5.41, 5.74) is 0. The average Bonchev–Trinajstić information content (AvgIpc) is 3.02. The topological polar surface area (TPSA) is 35.6 Å². The number of carbonyl (C=O) groups excluding carboxylic acids is 1. The molecule has 3 rings (SSSR count). The van der Waals surface area contributed by atoms with Crippen LogP contribution in [0, 0.1) is 5.92 Å². The minimum Gasteiger partial charge on any atom is -0.321 e. The van der Waals surface area contributed by atoms with Crippen molar-refractivity contribution in [2.45, 2.75) is 70.7 Å². The number of hydrogen-bond acceptors (Lipinski definition) is 3. The van der Waals surface area contributed by atoms with Crippen LogP contribution in [-0.2, 0) is 4.79 Å². The summed E-state index contributed by atoms with van der Waals surface area (Å²) in [5.74, 6) is 0.819. The third kappa shape index (κ3) is 2.40. The molecular weight excluding hydrogens is 238 g/mol. The van der Waals surface area contributed by atoms with Crippen molar-refractivity contribution in [1.29, 1.82) is 0 Å². The fourth-order valence-corrected chi connectivity index (χ4v) is 3.65. The summed E-state index contributed by atoms with van der Waals surface area (Å²) in [4.78, 5) is 17.3. The van der Waals surface area contributed by atoms with E-state index in [1.165, 1.54) is 19.4 Å². The van der Waals surface area contributed by atoms with E-state index in [1.54, 1.807) is 0 Å². The van der Waals surface area contributed by atoms with Gasteiger partial charge in [-0.25, -0.2) is 0 Å². The molecule has 1 saturated carbocycles. The van der Waals surface area contributed by atoms with Crippen molar-refractivity contribution in [3.63, 3.8) is 0 Å². The average molecular weight is 265 g/mol. The second-order valence-electron chi connectivity index (χ2n) is 6.73. The fourth-order valence-electron chi connectivity index (χ4n) is 3.65. The van der Waals surface area contributed by atoms with Crippen LogP contribution in [0.2, 0.25) is 0 Å². The van der Waals surface area contributed by atoms with E-state index in [0.717, 1.165) is 25.4 Å². The van der Waals surface area contributed by atoms with Gasteiger partial charge in [0, 0.05) is 25.2 Å². The number of nitrogens with one attached hydrogen (secondary N) is 1. The predicted molar refractivity (Wildman–Crippen MR) is 75.7 cm³/mol. The molecule has 3 fully saturated rings. The SMILES string of the molecule is CCC1NC(C(C)C)N(C2CCN(C3CC3)C2)C1=O. The second-order valence-corrected chi connectivity index (χ2v) is 6.73. The molecule has 2 heterocycles. The lowest BCUT2D eigenvalue weighted by atomic mass is 10.1. The van der Waals surface area contributed by atoms with E-state index in [0.29, 0.717) is 17.9 Å². The summed E-state index contributed by atoms with van der Waals surface area (Å²) in [5, 5.41) is 3.53. The molecule has 2 aliphatic heterocycles. The van der Waals surface area contributed by atoms with Gasteiger partial charge < -0.3 is 4.90 Å². The van der Waals surface area contributed by atoms with Gasteiger partial charge in [0.15, 0.2) is 0 Å². The van der Waals surface area contributed by atoms with Gasteiger partial charge in [0.25, 0.3) is 0 Å². The molecular formula is C15H27N3O. The van der Waals surface area contributed by atoms with Crippen molar-refractivity contribution in [1.82, 2.24) is 15.1 Å². The zero-order valence-electron chi connectivity index (χ0n) is 12.4. The van der Waals surface area contributed by atoms with E-state index in [4.69, 9.17) is 0 Å². The summed E-state index contributed by atoms with van der Waals surface area (Å²) in [6.07, 6.45) is 5.02. The maximum absolute atomic E-state index is 12.6. The molecule has 0 aromatic carbocycles. The molecule has 3 unspecified atom stereocenters. The van der Waals surface area contributed by atoms with Crippen molar-refractivity contribution < 1.29 is 4.79 Å². The number of hydrogen-bond donors (Lipinski definition) is 1. The Morgan fingerprint density at radius 2 is 2.00 bits per heavy atom.